The van der Waals surface area contributed by atoms with Crippen molar-refractivity contribution < 1.29 is 19.7 Å². The summed E-state index contributed by atoms with van der Waals surface area (Å²) in [7, 11) is 0. The van der Waals surface area contributed by atoms with Crippen LogP contribution in [0.15, 0.2) is 66.7 Å². The molecule has 0 aliphatic rings. The zero-order valence-corrected chi connectivity index (χ0v) is 15.6. The number of nitrogens with two attached hydrogens (primary N) is 1. The number of ether oxygens (including phenoxy) is 1. The second kappa shape index (κ2) is 8.48. The lowest BCUT2D eigenvalue weighted by molar-refractivity contribution is -0.141. The second-order valence-corrected chi connectivity index (χ2v) is 6.78. The zero-order valence-electron chi connectivity index (χ0n) is 15.6. The maximum absolute atomic E-state index is 11.2. The number of hydrogen-bond donors (Lipinski definition) is 3. The van der Waals surface area contributed by atoms with Gasteiger partial charge in [0.1, 0.15) is 6.61 Å². The highest BCUT2D eigenvalue weighted by molar-refractivity contribution is 5.80. The van der Waals surface area contributed by atoms with Crippen molar-refractivity contribution in [3.8, 4) is 22.6 Å². The normalized spacial score (nSPS) is 11.8. The number of carboxylic acids is 1. The molecule has 0 aliphatic heterocycles. The summed E-state index contributed by atoms with van der Waals surface area (Å²) in [6.45, 7) is 1.99. The largest absolute Gasteiger partial charge is 0.504 e. The summed E-state index contributed by atoms with van der Waals surface area (Å²) in [5, 5.41) is 19.3. The Morgan fingerprint density at radius 2 is 1.82 bits per heavy atom. The first kappa shape index (κ1) is 19.3. The van der Waals surface area contributed by atoms with Crippen molar-refractivity contribution in [2.75, 3.05) is 5.73 Å². The fraction of sp³-hybridized carbons (Fsp3) is 0.174. The minimum absolute atomic E-state index is 0.0499. The Labute approximate surface area is 164 Å². The number of carbonyl (C=O) groups is 1. The second-order valence-electron chi connectivity index (χ2n) is 6.78. The maximum Gasteiger partial charge on any atom is 0.306 e. The molecule has 0 radical (unpaired) electrons. The monoisotopic (exact) mass is 377 g/mol. The predicted molar refractivity (Wildman–Crippen MR) is 109 cm³/mol. The van der Waals surface area contributed by atoms with E-state index in [-0.39, 0.29) is 5.75 Å². The number of phenolic OH excluding ortho intramolecular Hbond substituents is 1. The predicted octanol–water partition coefficient (Wildman–Crippen LogP) is 4.48. The van der Waals surface area contributed by atoms with Gasteiger partial charge in [-0.15, -0.1) is 0 Å². The van der Waals surface area contributed by atoms with Crippen LogP contribution in [0.1, 0.15) is 18.1 Å². The van der Waals surface area contributed by atoms with Crippen molar-refractivity contribution in [2.24, 2.45) is 5.92 Å². The van der Waals surface area contributed by atoms with Crippen LogP contribution in [0, 0.1) is 5.92 Å². The van der Waals surface area contributed by atoms with E-state index < -0.39 is 11.9 Å². The van der Waals surface area contributed by atoms with Gasteiger partial charge in [-0.05, 0) is 35.2 Å². The Hall–Kier alpha value is -3.47. The third-order valence-electron chi connectivity index (χ3n) is 4.65. The first-order valence-electron chi connectivity index (χ1n) is 9.06. The molecule has 0 saturated carbocycles. The number of anilines is 1. The van der Waals surface area contributed by atoms with Gasteiger partial charge in [0.15, 0.2) is 11.5 Å². The fourth-order valence-corrected chi connectivity index (χ4v) is 2.99. The average molecular weight is 377 g/mol. The number of aromatic hydroxyl groups is 1. The van der Waals surface area contributed by atoms with Crippen molar-refractivity contribution in [2.45, 2.75) is 20.0 Å². The van der Waals surface area contributed by atoms with Crippen LogP contribution in [0.3, 0.4) is 0 Å². The molecular weight excluding hydrogens is 354 g/mol. The molecule has 0 saturated heterocycles. The average Bonchev–Trinajstić information content (AvgIpc) is 2.70. The van der Waals surface area contributed by atoms with Crippen molar-refractivity contribution in [3.05, 3.63) is 77.9 Å². The zero-order chi connectivity index (χ0) is 20.1. The Bertz CT molecular complexity index is 970. The van der Waals surface area contributed by atoms with Crippen LogP contribution in [-0.2, 0) is 17.8 Å². The van der Waals surface area contributed by atoms with Crippen LogP contribution in [0.2, 0.25) is 0 Å². The van der Waals surface area contributed by atoms with E-state index in [1.165, 1.54) is 0 Å². The fourth-order valence-electron chi connectivity index (χ4n) is 2.99. The van der Waals surface area contributed by atoms with E-state index in [9.17, 15) is 9.90 Å². The quantitative estimate of drug-likeness (QED) is 0.528. The minimum Gasteiger partial charge on any atom is -0.504 e. The number of phenols is 1. The number of benzene rings is 3. The summed E-state index contributed by atoms with van der Waals surface area (Å²) in [6.07, 6.45) is 0.352. The Morgan fingerprint density at radius 3 is 2.54 bits per heavy atom. The van der Waals surface area contributed by atoms with E-state index in [0.29, 0.717) is 24.5 Å². The number of rotatable bonds is 7. The van der Waals surface area contributed by atoms with Crippen LogP contribution < -0.4 is 10.5 Å². The molecule has 5 nitrogen and oxygen atoms in total. The maximum atomic E-state index is 11.2. The van der Waals surface area contributed by atoms with Crippen LogP contribution >= 0.6 is 0 Å². The van der Waals surface area contributed by atoms with Crippen molar-refractivity contribution in [3.63, 3.8) is 0 Å². The van der Waals surface area contributed by atoms with Gasteiger partial charge in [-0.2, -0.15) is 0 Å². The van der Waals surface area contributed by atoms with E-state index in [0.717, 1.165) is 22.3 Å². The number of hydrogen-bond acceptors (Lipinski definition) is 4. The molecule has 0 unspecified atom stereocenters. The molecule has 0 fully saturated rings. The van der Waals surface area contributed by atoms with Gasteiger partial charge in [0.2, 0.25) is 0 Å². The van der Waals surface area contributed by atoms with Gasteiger partial charge in [0, 0.05) is 11.3 Å². The summed E-state index contributed by atoms with van der Waals surface area (Å²) >= 11 is 0. The molecule has 144 valence electrons. The van der Waals surface area contributed by atoms with Gasteiger partial charge in [0.05, 0.1) is 5.92 Å². The highest BCUT2D eigenvalue weighted by Crippen LogP contribution is 2.36. The Balaban J connectivity index is 1.86. The standard InChI is InChI=1S/C23H23NO4/c1-15(23(26)27)12-18-8-5-9-19(22(18)24)17-10-11-20(25)21(13-17)28-14-16-6-3-2-4-7-16/h2-11,13,15,25H,12,14,24H2,1H3,(H,26,27)/t15-/m0/s1. The molecule has 0 spiro atoms. The van der Waals surface area contributed by atoms with E-state index in [1.54, 1.807) is 25.1 Å². The van der Waals surface area contributed by atoms with Gasteiger partial charge >= 0.3 is 5.97 Å². The van der Waals surface area contributed by atoms with Crippen LogP contribution in [0.25, 0.3) is 11.1 Å². The third-order valence-corrected chi connectivity index (χ3v) is 4.65. The molecule has 3 rings (SSSR count). The van der Waals surface area contributed by atoms with E-state index in [2.05, 4.69) is 0 Å². The molecule has 4 N–H and O–H groups in total. The summed E-state index contributed by atoms with van der Waals surface area (Å²) in [5.74, 6) is -0.966. The van der Waals surface area contributed by atoms with Crippen LogP contribution in [0.4, 0.5) is 5.69 Å². The molecule has 28 heavy (non-hydrogen) atoms. The van der Waals surface area contributed by atoms with Gasteiger partial charge in [-0.1, -0.05) is 61.5 Å². The molecule has 0 aromatic heterocycles. The highest BCUT2D eigenvalue weighted by Gasteiger charge is 2.16. The molecule has 5 heteroatoms. The lowest BCUT2D eigenvalue weighted by Gasteiger charge is -2.15. The van der Waals surface area contributed by atoms with Crippen molar-refractivity contribution in [1.82, 2.24) is 0 Å². The Morgan fingerprint density at radius 1 is 1.07 bits per heavy atom. The third kappa shape index (κ3) is 4.43. The van der Waals surface area contributed by atoms with E-state index in [1.807, 2.05) is 48.5 Å². The van der Waals surface area contributed by atoms with Crippen molar-refractivity contribution in [1.29, 1.82) is 0 Å². The van der Waals surface area contributed by atoms with E-state index >= 15 is 0 Å². The van der Waals surface area contributed by atoms with Gasteiger partial charge in [0.25, 0.3) is 0 Å². The van der Waals surface area contributed by atoms with Crippen LogP contribution in [0.5, 0.6) is 11.5 Å². The lowest BCUT2D eigenvalue weighted by atomic mass is 9.94. The first-order chi connectivity index (χ1) is 13.5. The lowest BCUT2D eigenvalue weighted by Crippen LogP contribution is -2.13. The SMILES string of the molecule is C[C@@H](Cc1cccc(-c2ccc(O)c(OCc3ccccc3)c2)c1N)C(=O)O. The smallest absolute Gasteiger partial charge is 0.306 e. The number of para-hydroxylation sites is 1. The number of nitrogen functional groups attached to an aromatic ring is 1. The molecule has 3 aromatic carbocycles. The Kier molecular flexibility index (Phi) is 5.84. The molecule has 3 aromatic rings. The minimum atomic E-state index is -0.856. The molecular formula is C23H23NO4. The van der Waals surface area contributed by atoms with Gasteiger partial charge < -0.3 is 20.7 Å². The molecule has 0 heterocycles. The number of carboxylic acid groups (broad SMARTS) is 1. The van der Waals surface area contributed by atoms with E-state index in [4.69, 9.17) is 15.6 Å². The molecule has 0 aliphatic carbocycles. The highest BCUT2D eigenvalue weighted by atomic mass is 16.5. The van der Waals surface area contributed by atoms with Crippen molar-refractivity contribution >= 4 is 11.7 Å². The molecule has 0 amide bonds. The summed E-state index contributed by atoms with van der Waals surface area (Å²) in [4.78, 5) is 11.2. The van der Waals surface area contributed by atoms with Crippen LogP contribution in [-0.4, -0.2) is 16.2 Å². The number of aliphatic carboxylic acids is 1. The first-order valence-corrected chi connectivity index (χ1v) is 9.06. The van der Waals surface area contributed by atoms with Gasteiger partial charge in [-0.3, -0.25) is 4.79 Å². The summed E-state index contributed by atoms with van der Waals surface area (Å²) in [6, 6.07) is 20.3. The summed E-state index contributed by atoms with van der Waals surface area (Å²) in [5.41, 5.74) is 10.2. The topological polar surface area (TPSA) is 92.8 Å². The molecule has 1 atom stereocenters. The van der Waals surface area contributed by atoms with Gasteiger partial charge in [-0.25, -0.2) is 0 Å². The summed E-state index contributed by atoms with van der Waals surface area (Å²) < 4.78 is 5.78. The molecule has 0 bridgehead atoms.